The lowest BCUT2D eigenvalue weighted by Gasteiger charge is -2.35. The molecule has 0 bridgehead atoms. The molecule has 8 nitrogen and oxygen atoms in total. The van der Waals surface area contributed by atoms with Crippen LogP contribution in [0.25, 0.3) is 0 Å². The molecule has 1 aliphatic carbocycles. The molecule has 0 radical (unpaired) electrons. The highest BCUT2D eigenvalue weighted by Crippen LogP contribution is 2.27. The van der Waals surface area contributed by atoms with Crippen LogP contribution in [0, 0.1) is 6.92 Å². The molecule has 32 heavy (non-hydrogen) atoms. The SMILES string of the molecule is CC(=O)N1CCN(c2cc(Cc3ncc(C(=O)NC4=C(Cl)CC=C4C)s3)nc(C)n2)CC1. The highest BCUT2D eigenvalue weighted by molar-refractivity contribution is 7.13. The Bertz CT molecular complexity index is 1120. The summed E-state index contributed by atoms with van der Waals surface area (Å²) in [5.41, 5.74) is 2.51. The molecule has 2 aromatic rings. The number of thiazole rings is 1. The van der Waals surface area contributed by atoms with Gasteiger partial charge in [0, 0.05) is 57.0 Å². The van der Waals surface area contributed by atoms with Crippen LogP contribution in [-0.4, -0.2) is 57.8 Å². The van der Waals surface area contributed by atoms with Crippen LogP contribution in [0.15, 0.2) is 34.6 Å². The maximum absolute atomic E-state index is 12.6. The molecular formula is C22H25ClN6O2S. The minimum atomic E-state index is -0.209. The fourth-order valence-corrected chi connectivity index (χ4v) is 4.87. The summed E-state index contributed by atoms with van der Waals surface area (Å²) in [7, 11) is 0. The van der Waals surface area contributed by atoms with Crippen LogP contribution in [0.2, 0.25) is 0 Å². The average molecular weight is 473 g/mol. The topological polar surface area (TPSA) is 91.3 Å². The van der Waals surface area contributed by atoms with Crippen molar-refractivity contribution in [2.45, 2.75) is 33.6 Å². The van der Waals surface area contributed by atoms with Gasteiger partial charge in [-0.2, -0.15) is 0 Å². The Morgan fingerprint density at radius 3 is 2.59 bits per heavy atom. The Morgan fingerprint density at radius 2 is 1.94 bits per heavy atom. The summed E-state index contributed by atoms with van der Waals surface area (Å²) in [6.45, 7) is 8.25. The number of anilines is 1. The van der Waals surface area contributed by atoms with Gasteiger partial charge in [-0.1, -0.05) is 17.7 Å². The van der Waals surface area contributed by atoms with E-state index in [1.54, 1.807) is 13.1 Å². The van der Waals surface area contributed by atoms with E-state index in [2.05, 4.69) is 25.2 Å². The first-order valence-corrected chi connectivity index (χ1v) is 11.7. The summed E-state index contributed by atoms with van der Waals surface area (Å²) in [4.78, 5) is 42.3. The Hall–Kier alpha value is -2.78. The average Bonchev–Trinajstić information content (AvgIpc) is 3.35. The third kappa shape index (κ3) is 4.99. The Morgan fingerprint density at radius 1 is 1.19 bits per heavy atom. The standard InChI is InChI=1S/C22H25ClN6O2S/c1-13-4-5-17(23)21(13)27-22(31)18-12-24-20(32-18)11-16-10-19(26-14(2)25-16)29-8-6-28(7-9-29)15(3)30/h4,10,12H,5-9,11H2,1-3H3,(H,27,31). The minimum Gasteiger partial charge on any atom is -0.353 e. The Labute approximate surface area is 196 Å². The zero-order valence-electron chi connectivity index (χ0n) is 18.3. The van der Waals surface area contributed by atoms with Crippen molar-refractivity contribution in [1.29, 1.82) is 0 Å². The predicted molar refractivity (Wildman–Crippen MR) is 125 cm³/mol. The quantitative estimate of drug-likeness (QED) is 0.719. The summed E-state index contributed by atoms with van der Waals surface area (Å²) >= 11 is 7.54. The number of carbonyl (C=O) groups excluding carboxylic acids is 2. The maximum atomic E-state index is 12.6. The van der Waals surface area contributed by atoms with Gasteiger partial charge in [0.05, 0.1) is 22.6 Å². The largest absolute Gasteiger partial charge is 0.353 e. The number of aromatic nitrogens is 3. The van der Waals surface area contributed by atoms with Crippen molar-refractivity contribution in [3.8, 4) is 0 Å². The van der Waals surface area contributed by atoms with E-state index in [9.17, 15) is 9.59 Å². The lowest BCUT2D eigenvalue weighted by atomic mass is 10.2. The number of aryl methyl sites for hydroxylation is 1. The number of piperazine rings is 1. The first-order valence-electron chi connectivity index (χ1n) is 10.5. The van der Waals surface area contributed by atoms with Crippen LogP contribution >= 0.6 is 22.9 Å². The monoisotopic (exact) mass is 472 g/mol. The smallest absolute Gasteiger partial charge is 0.267 e. The fraction of sp³-hybridized carbons (Fsp3) is 0.409. The molecule has 0 aromatic carbocycles. The molecule has 2 aromatic heterocycles. The van der Waals surface area contributed by atoms with Gasteiger partial charge >= 0.3 is 0 Å². The van der Waals surface area contributed by atoms with Gasteiger partial charge in [0.25, 0.3) is 5.91 Å². The van der Waals surface area contributed by atoms with E-state index in [-0.39, 0.29) is 11.8 Å². The third-order valence-electron chi connectivity index (χ3n) is 5.53. The van der Waals surface area contributed by atoms with Crippen LogP contribution in [0.1, 0.15) is 46.5 Å². The van der Waals surface area contributed by atoms with Gasteiger partial charge < -0.3 is 15.1 Å². The highest BCUT2D eigenvalue weighted by atomic mass is 35.5. The minimum absolute atomic E-state index is 0.102. The Kier molecular flexibility index (Phi) is 6.57. The Balaban J connectivity index is 1.43. The van der Waals surface area contributed by atoms with E-state index in [4.69, 9.17) is 11.6 Å². The predicted octanol–water partition coefficient (Wildman–Crippen LogP) is 3.03. The van der Waals surface area contributed by atoms with Crippen LogP contribution in [0.4, 0.5) is 5.82 Å². The van der Waals surface area contributed by atoms with E-state index in [1.165, 1.54) is 11.3 Å². The number of halogens is 1. The molecule has 168 valence electrons. The molecule has 1 fully saturated rings. The van der Waals surface area contributed by atoms with Gasteiger partial charge in [-0.15, -0.1) is 11.3 Å². The van der Waals surface area contributed by atoms with E-state index in [0.29, 0.717) is 47.4 Å². The van der Waals surface area contributed by atoms with Crippen LogP contribution in [0.3, 0.4) is 0 Å². The van der Waals surface area contributed by atoms with Gasteiger partial charge in [0.1, 0.15) is 16.5 Å². The number of carbonyl (C=O) groups is 2. The lowest BCUT2D eigenvalue weighted by Crippen LogP contribution is -2.48. The highest BCUT2D eigenvalue weighted by Gasteiger charge is 2.21. The molecule has 0 spiro atoms. The van der Waals surface area contributed by atoms with Crippen LogP contribution < -0.4 is 10.2 Å². The van der Waals surface area contributed by atoms with Gasteiger partial charge in [-0.25, -0.2) is 15.0 Å². The van der Waals surface area contributed by atoms with E-state index in [0.717, 1.165) is 35.2 Å². The number of nitrogens with zero attached hydrogens (tertiary/aromatic N) is 5. The molecule has 0 atom stereocenters. The van der Waals surface area contributed by atoms with Crippen molar-refractivity contribution in [2.24, 2.45) is 0 Å². The second kappa shape index (κ2) is 9.38. The van der Waals surface area contributed by atoms with Crippen molar-refractivity contribution >= 4 is 40.6 Å². The number of allylic oxidation sites excluding steroid dienone is 3. The molecular weight excluding hydrogens is 448 g/mol. The normalized spacial score (nSPS) is 16.4. The number of nitrogens with one attached hydrogen (secondary N) is 1. The van der Waals surface area contributed by atoms with Crippen LogP contribution in [-0.2, 0) is 11.2 Å². The molecule has 0 saturated carbocycles. The number of hydrogen-bond acceptors (Lipinski definition) is 7. The molecule has 10 heteroatoms. The maximum Gasteiger partial charge on any atom is 0.267 e. The van der Waals surface area contributed by atoms with Crippen molar-refractivity contribution in [3.63, 3.8) is 0 Å². The number of rotatable bonds is 5. The van der Waals surface area contributed by atoms with Crippen molar-refractivity contribution in [1.82, 2.24) is 25.2 Å². The molecule has 2 amide bonds. The first kappa shape index (κ1) is 22.4. The second-order valence-electron chi connectivity index (χ2n) is 7.88. The molecule has 1 saturated heterocycles. The zero-order valence-corrected chi connectivity index (χ0v) is 19.9. The fourth-order valence-electron chi connectivity index (χ4n) is 3.77. The summed E-state index contributed by atoms with van der Waals surface area (Å²) in [5.74, 6) is 1.44. The third-order valence-corrected chi connectivity index (χ3v) is 6.87. The first-order chi connectivity index (χ1) is 15.3. The van der Waals surface area contributed by atoms with Crippen molar-refractivity contribution in [2.75, 3.05) is 31.1 Å². The summed E-state index contributed by atoms with van der Waals surface area (Å²) in [6, 6.07) is 1.97. The van der Waals surface area contributed by atoms with E-state index < -0.39 is 0 Å². The summed E-state index contributed by atoms with van der Waals surface area (Å²) in [5, 5.41) is 4.35. The molecule has 1 N–H and O–H groups in total. The van der Waals surface area contributed by atoms with E-state index in [1.807, 2.05) is 30.9 Å². The second-order valence-corrected chi connectivity index (χ2v) is 9.45. The molecule has 3 heterocycles. The van der Waals surface area contributed by atoms with Crippen molar-refractivity contribution < 1.29 is 9.59 Å². The van der Waals surface area contributed by atoms with Crippen LogP contribution in [0.5, 0.6) is 0 Å². The van der Waals surface area contributed by atoms with Gasteiger partial charge in [0.15, 0.2) is 0 Å². The summed E-state index contributed by atoms with van der Waals surface area (Å²) in [6.07, 6.45) is 4.75. The molecule has 2 aliphatic rings. The molecule has 4 rings (SSSR count). The molecule has 1 aliphatic heterocycles. The van der Waals surface area contributed by atoms with E-state index >= 15 is 0 Å². The number of amides is 2. The zero-order chi connectivity index (χ0) is 22.8. The summed E-state index contributed by atoms with van der Waals surface area (Å²) < 4.78 is 0. The lowest BCUT2D eigenvalue weighted by molar-refractivity contribution is -0.129. The van der Waals surface area contributed by atoms with Gasteiger partial charge in [-0.3, -0.25) is 9.59 Å². The van der Waals surface area contributed by atoms with Gasteiger partial charge in [0.2, 0.25) is 5.91 Å². The number of hydrogen-bond donors (Lipinski definition) is 1. The van der Waals surface area contributed by atoms with Gasteiger partial charge in [-0.05, 0) is 19.4 Å². The van der Waals surface area contributed by atoms with Crippen molar-refractivity contribution in [3.05, 3.63) is 56.0 Å². The molecule has 0 unspecified atom stereocenters.